The van der Waals surface area contributed by atoms with Gasteiger partial charge in [0, 0.05) is 18.8 Å². The first-order chi connectivity index (χ1) is 11.8. The van der Waals surface area contributed by atoms with E-state index in [4.69, 9.17) is 4.52 Å². The van der Waals surface area contributed by atoms with Crippen LogP contribution in [0.4, 0.5) is 4.39 Å². The molecule has 0 aliphatic heterocycles. The Kier molecular flexibility index (Phi) is 3.54. The fraction of sp³-hybridized carbons (Fsp3) is 0.0625. The van der Waals surface area contributed by atoms with Crippen molar-refractivity contribution in [1.82, 2.24) is 29.9 Å². The highest BCUT2D eigenvalue weighted by molar-refractivity contribution is 5.46. The van der Waals surface area contributed by atoms with Gasteiger partial charge in [0.2, 0.25) is 0 Å². The molecule has 4 aromatic rings. The second-order valence-electron chi connectivity index (χ2n) is 5.07. The fourth-order valence-corrected chi connectivity index (χ4v) is 2.23. The average Bonchev–Trinajstić information content (AvgIpc) is 3.27. The Morgan fingerprint density at radius 1 is 1.12 bits per heavy atom. The molecule has 0 spiro atoms. The predicted molar refractivity (Wildman–Crippen MR) is 81.7 cm³/mol. The van der Waals surface area contributed by atoms with Crippen molar-refractivity contribution in [2.45, 2.75) is 6.42 Å². The second-order valence-corrected chi connectivity index (χ2v) is 5.07. The quantitative estimate of drug-likeness (QED) is 0.574. The molecule has 3 heterocycles. The van der Waals surface area contributed by atoms with Crippen LogP contribution in [0.1, 0.15) is 11.4 Å². The zero-order chi connectivity index (χ0) is 16.4. The molecule has 4 rings (SSSR count). The van der Waals surface area contributed by atoms with Gasteiger partial charge in [0.1, 0.15) is 12.1 Å². The second kappa shape index (κ2) is 5.99. The van der Waals surface area contributed by atoms with Crippen LogP contribution in [0.15, 0.2) is 59.6 Å². The van der Waals surface area contributed by atoms with Gasteiger partial charge in [0.15, 0.2) is 17.3 Å². The van der Waals surface area contributed by atoms with Crippen molar-refractivity contribution in [2.24, 2.45) is 0 Å². The van der Waals surface area contributed by atoms with E-state index in [1.807, 2.05) is 0 Å². The molecule has 0 saturated carbocycles. The molecule has 0 radical (unpaired) electrons. The van der Waals surface area contributed by atoms with Crippen molar-refractivity contribution in [3.05, 3.63) is 72.3 Å². The number of imidazole rings is 1. The van der Waals surface area contributed by atoms with Crippen molar-refractivity contribution in [3.8, 4) is 17.4 Å². The highest BCUT2D eigenvalue weighted by Gasteiger charge is 2.12. The molecule has 0 N–H and O–H groups in total. The van der Waals surface area contributed by atoms with Crippen LogP contribution < -0.4 is 0 Å². The normalized spacial score (nSPS) is 10.9. The van der Waals surface area contributed by atoms with Crippen LogP contribution in [-0.2, 0) is 6.42 Å². The molecular formula is C16H11FN6O. The van der Waals surface area contributed by atoms with E-state index in [1.54, 1.807) is 47.6 Å². The van der Waals surface area contributed by atoms with Crippen LogP contribution in [0.3, 0.4) is 0 Å². The first kappa shape index (κ1) is 14.2. The number of rotatable bonds is 4. The summed E-state index contributed by atoms with van der Waals surface area (Å²) in [5.74, 6) is 1.06. The molecule has 0 bridgehead atoms. The van der Waals surface area contributed by atoms with Crippen molar-refractivity contribution in [1.29, 1.82) is 0 Å². The van der Waals surface area contributed by atoms with Crippen molar-refractivity contribution in [2.75, 3.05) is 0 Å². The molecule has 3 aromatic heterocycles. The molecule has 0 fully saturated rings. The van der Waals surface area contributed by atoms with Gasteiger partial charge in [-0.25, -0.2) is 9.37 Å². The lowest BCUT2D eigenvalue weighted by Gasteiger charge is -1.99. The number of nitrogens with zero attached hydrogens (tertiary/aromatic N) is 6. The summed E-state index contributed by atoms with van der Waals surface area (Å²) < 4.78 is 20.1. The van der Waals surface area contributed by atoms with Crippen molar-refractivity contribution < 1.29 is 8.91 Å². The third-order valence-electron chi connectivity index (χ3n) is 3.36. The summed E-state index contributed by atoms with van der Waals surface area (Å²) in [6.07, 6.45) is 5.44. The van der Waals surface area contributed by atoms with Crippen molar-refractivity contribution >= 4 is 0 Å². The molecule has 8 heteroatoms. The number of halogens is 1. The van der Waals surface area contributed by atoms with E-state index in [2.05, 4.69) is 25.3 Å². The SMILES string of the molecule is Fc1cccc(Cc2noc(-c3ccc(-n4ccnc4)nn3)n2)c1. The number of benzene rings is 1. The van der Waals surface area contributed by atoms with E-state index < -0.39 is 0 Å². The molecule has 118 valence electrons. The molecule has 0 atom stereocenters. The highest BCUT2D eigenvalue weighted by Crippen LogP contribution is 2.16. The lowest BCUT2D eigenvalue weighted by atomic mass is 10.1. The van der Waals surface area contributed by atoms with Gasteiger partial charge in [-0.2, -0.15) is 4.98 Å². The highest BCUT2D eigenvalue weighted by atomic mass is 19.1. The fourth-order valence-electron chi connectivity index (χ4n) is 2.23. The zero-order valence-electron chi connectivity index (χ0n) is 12.4. The summed E-state index contributed by atoms with van der Waals surface area (Å²) in [6.45, 7) is 0. The lowest BCUT2D eigenvalue weighted by Crippen LogP contribution is -1.97. The Balaban J connectivity index is 1.54. The maximum atomic E-state index is 13.2. The Hall–Kier alpha value is -3.42. The van der Waals surface area contributed by atoms with Crippen LogP contribution in [0.25, 0.3) is 17.4 Å². The molecule has 7 nitrogen and oxygen atoms in total. The van der Waals surface area contributed by atoms with E-state index in [0.717, 1.165) is 5.56 Å². The van der Waals surface area contributed by atoms with E-state index in [0.29, 0.717) is 23.8 Å². The van der Waals surface area contributed by atoms with Crippen LogP contribution in [-0.4, -0.2) is 29.9 Å². The lowest BCUT2D eigenvalue weighted by molar-refractivity contribution is 0.422. The molecule has 0 unspecified atom stereocenters. The molecule has 0 aliphatic carbocycles. The van der Waals surface area contributed by atoms with Crippen LogP contribution in [0.5, 0.6) is 0 Å². The molecule has 24 heavy (non-hydrogen) atoms. The Labute approximate surface area is 135 Å². The van der Waals surface area contributed by atoms with Crippen molar-refractivity contribution in [3.63, 3.8) is 0 Å². The van der Waals surface area contributed by atoms with Gasteiger partial charge in [0.05, 0.1) is 0 Å². The summed E-state index contributed by atoms with van der Waals surface area (Å²) in [5, 5.41) is 12.1. The summed E-state index contributed by atoms with van der Waals surface area (Å²) in [6, 6.07) is 9.80. The minimum Gasteiger partial charge on any atom is -0.332 e. The standard InChI is InChI=1S/C16H11FN6O/c17-12-3-1-2-11(8-12)9-14-19-16(24-22-14)13-4-5-15(21-20-13)23-7-6-18-10-23/h1-8,10H,9H2. The number of hydrogen-bond acceptors (Lipinski definition) is 6. The predicted octanol–water partition coefficient (Wildman–Crippen LogP) is 2.44. The largest absolute Gasteiger partial charge is 0.332 e. The topological polar surface area (TPSA) is 82.5 Å². The number of hydrogen-bond donors (Lipinski definition) is 0. The third kappa shape index (κ3) is 2.89. The van der Waals surface area contributed by atoms with Crippen LogP contribution >= 0.6 is 0 Å². The van der Waals surface area contributed by atoms with Gasteiger partial charge in [-0.3, -0.25) is 4.57 Å². The maximum Gasteiger partial charge on any atom is 0.278 e. The van der Waals surface area contributed by atoms with Crippen LogP contribution in [0.2, 0.25) is 0 Å². The van der Waals surface area contributed by atoms with E-state index in [1.165, 1.54) is 12.1 Å². The zero-order valence-corrected chi connectivity index (χ0v) is 12.4. The monoisotopic (exact) mass is 322 g/mol. The minimum absolute atomic E-state index is 0.270. The van der Waals surface area contributed by atoms with Gasteiger partial charge in [0.25, 0.3) is 5.89 Å². The molecule has 1 aromatic carbocycles. The molecular weight excluding hydrogens is 311 g/mol. The maximum absolute atomic E-state index is 13.2. The molecule has 0 saturated heterocycles. The van der Waals surface area contributed by atoms with Gasteiger partial charge in [-0.1, -0.05) is 17.3 Å². The average molecular weight is 322 g/mol. The smallest absolute Gasteiger partial charge is 0.278 e. The molecule has 0 aliphatic rings. The van der Waals surface area contributed by atoms with Gasteiger partial charge >= 0.3 is 0 Å². The van der Waals surface area contributed by atoms with E-state index in [9.17, 15) is 4.39 Å². The Bertz CT molecular complexity index is 949. The first-order valence-corrected chi connectivity index (χ1v) is 7.17. The van der Waals surface area contributed by atoms with Crippen LogP contribution in [0, 0.1) is 5.82 Å². The van der Waals surface area contributed by atoms with Gasteiger partial charge < -0.3 is 4.52 Å². The van der Waals surface area contributed by atoms with E-state index in [-0.39, 0.29) is 11.7 Å². The minimum atomic E-state index is -0.294. The Morgan fingerprint density at radius 2 is 2.08 bits per heavy atom. The van der Waals surface area contributed by atoms with E-state index >= 15 is 0 Å². The summed E-state index contributed by atoms with van der Waals surface area (Å²) in [5.41, 5.74) is 1.24. The van der Waals surface area contributed by atoms with Gasteiger partial charge in [-0.05, 0) is 29.8 Å². The summed E-state index contributed by atoms with van der Waals surface area (Å²) in [7, 11) is 0. The number of aromatic nitrogens is 6. The third-order valence-corrected chi connectivity index (χ3v) is 3.36. The summed E-state index contributed by atoms with van der Waals surface area (Å²) in [4.78, 5) is 8.23. The molecule has 0 amide bonds. The van der Waals surface area contributed by atoms with Gasteiger partial charge in [-0.15, -0.1) is 10.2 Å². The Morgan fingerprint density at radius 3 is 2.83 bits per heavy atom. The summed E-state index contributed by atoms with van der Waals surface area (Å²) >= 11 is 0. The first-order valence-electron chi connectivity index (χ1n) is 7.17.